The molecule has 0 atom stereocenters. The Morgan fingerprint density at radius 2 is 2.33 bits per heavy atom. The highest BCUT2D eigenvalue weighted by Crippen LogP contribution is 2.30. The summed E-state index contributed by atoms with van der Waals surface area (Å²) in [6.07, 6.45) is 1.81. The Labute approximate surface area is 124 Å². The summed E-state index contributed by atoms with van der Waals surface area (Å²) in [6.45, 7) is 1.85. The molecule has 1 aromatic rings. The number of hydrogen-bond acceptors (Lipinski definition) is 7. The van der Waals surface area contributed by atoms with Gasteiger partial charge >= 0.3 is 5.69 Å². The van der Waals surface area contributed by atoms with Crippen LogP contribution >= 0.6 is 11.8 Å². The fourth-order valence-corrected chi connectivity index (χ4v) is 2.30. The number of amides is 1. The molecule has 1 amide bonds. The van der Waals surface area contributed by atoms with E-state index in [2.05, 4.69) is 15.5 Å². The van der Waals surface area contributed by atoms with Gasteiger partial charge < -0.3 is 10.4 Å². The smallest absolute Gasteiger partial charge is 0.311 e. The highest BCUT2D eigenvalue weighted by molar-refractivity contribution is 8.15. The molecule has 0 spiro atoms. The molecule has 2 rings (SSSR count). The van der Waals surface area contributed by atoms with Crippen molar-refractivity contribution in [2.75, 3.05) is 5.75 Å². The van der Waals surface area contributed by atoms with Crippen molar-refractivity contribution in [2.45, 2.75) is 13.3 Å². The zero-order valence-electron chi connectivity index (χ0n) is 11.1. The first-order valence-electron chi connectivity index (χ1n) is 6.05. The third-order valence-corrected chi connectivity index (χ3v) is 3.58. The van der Waals surface area contributed by atoms with E-state index in [4.69, 9.17) is 0 Å². The highest BCUT2D eigenvalue weighted by Gasteiger charge is 2.18. The lowest BCUT2D eigenvalue weighted by Crippen LogP contribution is -2.19. The molecule has 8 nitrogen and oxygen atoms in total. The van der Waals surface area contributed by atoms with E-state index in [1.807, 2.05) is 6.92 Å². The number of benzene rings is 1. The number of phenolic OH excluding ortho intramolecular Hbond substituents is 1. The third-order valence-electron chi connectivity index (χ3n) is 2.72. The molecule has 1 heterocycles. The molecule has 0 radical (unpaired) electrons. The molecule has 1 saturated heterocycles. The fourth-order valence-electron chi connectivity index (χ4n) is 1.67. The van der Waals surface area contributed by atoms with Crippen molar-refractivity contribution in [1.29, 1.82) is 0 Å². The van der Waals surface area contributed by atoms with Crippen LogP contribution in [0.3, 0.4) is 0 Å². The summed E-state index contributed by atoms with van der Waals surface area (Å²) in [5, 5.41) is 31.1. The lowest BCUT2D eigenvalue weighted by Gasteiger charge is -2.03. The number of amidine groups is 1. The Morgan fingerprint density at radius 1 is 1.57 bits per heavy atom. The minimum atomic E-state index is -0.648. The summed E-state index contributed by atoms with van der Waals surface area (Å²) in [5.41, 5.74) is 0.545. The highest BCUT2D eigenvalue weighted by atomic mass is 32.2. The van der Waals surface area contributed by atoms with Gasteiger partial charge in [-0.25, -0.2) is 0 Å². The van der Waals surface area contributed by atoms with E-state index in [0.29, 0.717) is 17.2 Å². The van der Waals surface area contributed by atoms with Crippen molar-refractivity contribution in [2.24, 2.45) is 10.2 Å². The predicted octanol–water partition coefficient (Wildman–Crippen LogP) is 1.42. The number of nitrogens with one attached hydrogen (secondary N) is 1. The normalized spacial score (nSPS) is 16.6. The van der Waals surface area contributed by atoms with Crippen LogP contribution in [0.4, 0.5) is 5.69 Å². The molecule has 1 fully saturated rings. The second kappa shape index (κ2) is 6.35. The minimum Gasteiger partial charge on any atom is -0.502 e. The number of hydrogen-bond donors (Lipinski definition) is 2. The van der Waals surface area contributed by atoms with E-state index in [0.717, 1.165) is 0 Å². The van der Waals surface area contributed by atoms with Gasteiger partial charge in [-0.15, -0.1) is 5.10 Å². The largest absolute Gasteiger partial charge is 0.502 e. The summed E-state index contributed by atoms with van der Waals surface area (Å²) >= 11 is 1.21. The molecular formula is C12H12N4O4S. The maximum Gasteiger partial charge on any atom is 0.311 e. The first kappa shape index (κ1) is 15.0. The quantitative estimate of drug-likeness (QED) is 0.495. The van der Waals surface area contributed by atoms with Gasteiger partial charge in [0.25, 0.3) is 0 Å². The topological polar surface area (TPSA) is 117 Å². The molecule has 1 aromatic carbocycles. The van der Waals surface area contributed by atoms with Crippen LogP contribution in [0.15, 0.2) is 22.3 Å². The molecule has 9 heteroatoms. The number of aryl methyl sites for hydroxylation is 1. The number of carbonyl (C=O) groups excluding carboxylic acids is 1. The number of nitro benzene ring substituents is 1. The van der Waals surface area contributed by atoms with Gasteiger partial charge in [-0.05, 0) is 18.1 Å². The molecule has 0 aromatic heterocycles. The van der Waals surface area contributed by atoms with E-state index < -0.39 is 10.7 Å². The molecule has 0 saturated carbocycles. The third kappa shape index (κ3) is 3.57. The van der Waals surface area contributed by atoms with E-state index in [9.17, 15) is 20.0 Å². The minimum absolute atomic E-state index is 0.152. The summed E-state index contributed by atoms with van der Waals surface area (Å²) < 4.78 is 0. The van der Waals surface area contributed by atoms with Crippen LogP contribution in [0.2, 0.25) is 0 Å². The molecule has 110 valence electrons. The number of thioether (sulfide) groups is 1. The first-order valence-corrected chi connectivity index (χ1v) is 7.03. The van der Waals surface area contributed by atoms with Gasteiger partial charge in [0.1, 0.15) is 0 Å². The van der Waals surface area contributed by atoms with Gasteiger partial charge in [-0.2, -0.15) is 5.10 Å². The predicted molar refractivity (Wildman–Crippen MR) is 79.8 cm³/mol. The number of nitro groups is 1. The second-order valence-electron chi connectivity index (χ2n) is 4.15. The fraction of sp³-hybridized carbons (Fsp3) is 0.250. The molecule has 0 unspecified atom stereocenters. The molecular weight excluding hydrogens is 296 g/mol. The Kier molecular flexibility index (Phi) is 4.53. The van der Waals surface area contributed by atoms with Gasteiger partial charge in [-0.1, -0.05) is 18.7 Å². The molecule has 1 aliphatic heterocycles. The van der Waals surface area contributed by atoms with E-state index >= 15 is 0 Å². The Morgan fingerprint density at radius 3 is 2.90 bits per heavy atom. The molecule has 2 N–H and O–H groups in total. The van der Waals surface area contributed by atoms with Crippen molar-refractivity contribution < 1.29 is 14.8 Å². The lowest BCUT2D eigenvalue weighted by molar-refractivity contribution is -0.385. The van der Waals surface area contributed by atoms with Crippen LogP contribution in [-0.4, -0.2) is 33.1 Å². The van der Waals surface area contributed by atoms with E-state index in [1.165, 1.54) is 24.0 Å². The maximum atomic E-state index is 11.0. The van der Waals surface area contributed by atoms with Gasteiger partial charge in [-0.3, -0.25) is 14.9 Å². The van der Waals surface area contributed by atoms with Crippen LogP contribution in [0.5, 0.6) is 5.75 Å². The van der Waals surface area contributed by atoms with Gasteiger partial charge in [0, 0.05) is 11.6 Å². The van der Waals surface area contributed by atoms with Crippen LogP contribution in [0.25, 0.3) is 0 Å². The molecule has 0 bridgehead atoms. The number of phenols is 1. The van der Waals surface area contributed by atoms with Crippen molar-refractivity contribution >= 4 is 34.7 Å². The van der Waals surface area contributed by atoms with Crippen molar-refractivity contribution in [1.82, 2.24) is 5.32 Å². The van der Waals surface area contributed by atoms with Crippen LogP contribution in [0, 0.1) is 10.1 Å². The van der Waals surface area contributed by atoms with Gasteiger partial charge in [0.2, 0.25) is 11.7 Å². The Balaban J connectivity index is 2.28. The Bertz CT molecular complexity index is 657. The summed E-state index contributed by atoms with van der Waals surface area (Å²) in [4.78, 5) is 21.2. The van der Waals surface area contributed by atoms with Crippen molar-refractivity contribution in [3.05, 3.63) is 33.4 Å². The maximum absolute atomic E-state index is 11.0. The first-order chi connectivity index (χ1) is 10.0. The summed E-state index contributed by atoms with van der Waals surface area (Å²) in [7, 11) is 0. The number of rotatable bonds is 4. The summed E-state index contributed by atoms with van der Waals surface area (Å²) in [6, 6.07) is 2.93. The van der Waals surface area contributed by atoms with Crippen LogP contribution < -0.4 is 5.32 Å². The van der Waals surface area contributed by atoms with E-state index in [1.54, 1.807) is 6.07 Å². The Hall–Kier alpha value is -2.42. The second-order valence-corrected chi connectivity index (χ2v) is 5.11. The van der Waals surface area contributed by atoms with Gasteiger partial charge in [0.15, 0.2) is 5.17 Å². The van der Waals surface area contributed by atoms with E-state index in [-0.39, 0.29) is 22.9 Å². The standard InChI is InChI=1S/C12H12N4O4S/c1-2-7-3-8(11(18)9(4-7)16(19)20)5-13-15-12-14-10(17)6-21-12/h3-5,18H,2,6H2,1H3,(H,14,15,17). The molecule has 1 aliphatic rings. The number of nitrogens with zero attached hydrogens (tertiary/aromatic N) is 3. The summed E-state index contributed by atoms with van der Waals surface area (Å²) in [5.74, 6) is -0.319. The average Bonchev–Trinajstić information content (AvgIpc) is 2.86. The number of aromatic hydroxyl groups is 1. The monoisotopic (exact) mass is 308 g/mol. The molecule has 21 heavy (non-hydrogen) atoms. The number of carbonyl (C=O) groups is 1. The SMILES string of the molecule is CCc1cc(C=NN=C2NC(=O)CS2)c(O)c([N+](=O)[O-])c1. The molecule has 0 aliphatic carbocycles. The van der Waals surface area contributed by atoms with Crippen LogP contribution in [-0.2, 0) is 11.2 Å². The zero-order chi connectivity index (χ0) is 15.4. The van der Waals surface area contributed by atoms with Crippen molar-refractivity contribution in [3.63, 3.8) is 0 Å². The van der Waals surface area contributed by atoms with Crippen molar-refractivity contribution in [3.8, 4) is 5.75 Å². The zero-order valence-corrected chi connectivity index (χ0v) is 11.9. The van der Waals surface area contributed by atoms with Gasteiger partial charge in [0.05, 0.1) is 16.9 Å². The lowest BCUT2D eigenvalue weighted by atomic mass is 10.1. The van der Waals surface area contributed by atoms with Crippen LogP contribution in [0.1, 0.15) is 18.1 Å². The average molecular weight is 308 g/mol.